The van der Waals surface area contributed by atoms with Crippen molar-refractivity contribution >= 4 is 11.8 Å². The number of para-hydroxylation sites is 1. The van der Waals surface area contributed by atoms with Crippen molar-refractivity contribution in [2.24, 2.45) is 0 Å². The van der Waals surface area contributed by atoms with Crippen molar-refractivity contribution in [3.8, 4) is 17.6 Å². The number of carbonyl (C=O) groups is 2. The number of ether oxygens (including phenoxy) is 1. The van der Waals surface area contributed by atoms with Crippen LogP contribution in [0.15, 0.2) is 72.8 Å². The molecule has 3 atom stereocenters. The number of hydrogen-bond acceptors (Lipinski definition) is 6. The fraction of sp³-hybridized carbons (Fsp3) is 0.214. The number of hydrogen-bond donors (Lipinski definition) is 5. The van der Waals surface area contributed by atoms with Crippen LogP contribution in [-0.4, -0.2) is 40.9 Å². The van der Waals surface area contributed by atoms with Crippen molar-refractivity contribution in [2.75, 3.05) is 6.61 Å². The predicted molar refractivity (Wildman–Crippen MR) is 133 cm³/mol. The molecule has 1 aliphatic rings. The molecule has 0 bridgehead atoms. The summed E-state index contributed by atoms with van der Waals surface area (Å²) in [7, 11) is 0. The first-order valence-corrected chi connectivity index (χ1v) is 11.5. The number of aliphatic hydroxyl groups is 1. The summed E-state index contributed by atoms with van der Waals surface area (Å²) in [6.45, 7) is 2.63. The van der Waals surface area contributed by atoms with Crippen molar-refractivity contribution in [3.63, 3.8) is 0 Å². The minimum atomic E-state index is -1.28. The van der Waals surface area contributed by atoms with Gasteiger partial charge in [0.25, 0.3) is 11.8 Å². The van der Waals surface area contributed by atoms with E-state index in [4.69, 9.17) is 9.94 Å². The molecule has 3 aromatic carbocycles. The molecule has 0 radical (unpaired) electrons. The summed E-state index contributed by atoms with van der Waals surface area (Å²) in [6.07, 6.45) is -1.18. The second kappa shape index (κ2) is 11.5. The molecule has 5 N–H and O–H groups in total. The van der Waals surface area contributed by atoms with Gasteiger partial charge >= 0.3 is 0 Å². The number of nitrogens with one attached hydrogen (secondary N) is 3. The molecule has 0 spiro atoms. The molecule has 8 heteroatoms. The van der Waals surface area contributed by atoms with Crippen LogP contribution >= 0.6 is 0 Å². The monoisotopic (exact) mass is 485 g/mol. The fourth-order valence-corrected chi connectivity index (χ4v) is 3.82. The lowest BCUT2D eigenvalue weighted by Crippen LogP contribution is -2.51. The van der Waals surface area contributed by atoms with Gasteiger partial charge in [-0.1, -0.05) is 42.2 Å². The molecular weight excluding hydrogens is 458 g/mol. The topological polar surface area (TPSA) is 120 Å². The Hall–Kier alpha value is -4.16. The number of benzene rings is 3. The van der Waals surface area contributed by atoms with Gasteiger partial charge in [0.2, 0.25) is 0 Å². The summed E-state index contributed by atoms with van der Waals surface area (Å²) < 4.78 is 5.97. The standard InChI is InChI=1S/C28H27N3O5/c1-18(32)26(28(34)31-35)30-27(33)22-14-10-20(11-15-22)7-6-19-8-12-21(13-9-19)24-17-36-25-5-3-2-4-23(25)16-29-24/h2-5,8-15,18,24,26,29,32,35H,16-17H2,1H3,(H,30,33)(H,31,34)/t18-,24?,26+/m1/s1. The van der Waals surface area contributed by atoms with Crippen molar-refractivity contribution in [1.29, 1.82) is 0 Å². The summed E-state index contributed by atoms with van der Waals surface area (Å²) in [5, 5.41) is 24.3. The van der Waals surface area contributed by atoms with Crippen molar-refractivity contribution < 1.29 is 24.6 Å². The highest BCUT2D eigenvalue weighted by molar-refractivity contribution is 5.97. The van der Waals surface area contributed by atoms with E-state index >= 15 is 0 Å². The first kappa shape index (κ1) is 24.9. The van der Waals surface area contributed by atoms with Gasteiger partial charge in [-0.05, 0) is 55.0 Å². The van der Waals surface area contributed by atoms with Gasteiger partial charge in [-0.15, -0.1) is 0 Å². The smallest absolute Gasteiger partial charge is 0.268 e. The third kappa shape index (κ3) is 6.09. The van der Waals surface area contributed by atoms with Crippen LogP contribution in [0, 0.1) is 11.8 Å². The van der Waals surface area contributed by atoms with Gasteiger partial charge in [0.1, 0.15) is 18.4 Å². The van der Waals surface area contributed by atoms with E-state index in [1.54, 1.807) is 24.3 Å². The zero-order valence-electron chi connectivity index (χ0n) is 19.7. The third-order valence-corrected chi connectivity index (χ3v) is 5.89. The van der Waals surface area contributed by atoms with E-state index in [9.17, 15) is 14.7 Å². The Morgan fingerprint density at radius 3 is 2.28 bits per heavy atom. The van der Waals surface area contributed by atoms with Crippen LogP contribution in [0.3, 0.4) is 0 Å². The average molecular weight is 486 g/mol. The number of fused-ring (bicyclic) bond motifs is 1. The lowest BCUT2D eigenvalue weighted by atomic mass is 10.0. The largest absolute Gasteiger partial charge is 0.491 e. The van der Waals surface area contributed by atoms with E-state index in [-0.39, 0.29) is 6.04 Å². The number of amides is 2. The lowest BCUT2D eigenvalue weighted by molar-refractivity contribution is -0.133. The van der Waals surface area contributed by atoms with Gasteiger partial charge in [0.05, 0.1) is 12.1 Å². The van der Waals surface area contributed by atoms with E-state index in [1.807, 2.05) is 42.5 Å². The summed E-state index contributed by atoms with van der Waals surface area (Å²) in [5.41, 5.74) is 5.56. The van der Waals surface area contributed by atoms with Gasteiger partial charge in [0.15, 0.2) is 0 Å². The molecule has 3 aromatic rings. The van der Waals surface area contributed by atoms with Crippen LogP contribution < -0.4 is 20.9 Å². The SMILES string of the molecule is C[C@@H](O)[C@H](NC(=O)c1ccc(C#Cc2ccc(C3COc4ccccc4CN3)cc2)cc1)C(=O)NO. The highest BCUT2D eigenvalue weighted by atomic mass is 16.5. The number of aliphatic hydroxyl groups excluding tert-OH is 1. The highest BCUT2D eigenvalue weighted by Gasteiger charge is 2.25. The minimum Gasteiger partial charge on any atom is -0.491 e. The Kier molecular flexibility index (Phi) is 7.98. The quantitative estimate of drug-likeness (QED) is 0.215. The van der Waals surface area contributed by atoms with Crippen LogP contribution in [-0.2, 0) is 11.3 Å². The predicted octanol–water partition coefficient (Wildman–Crippen LogP) is 2.29. The van der Waals surface area contributed by atoms with E-state index in [1.165, 1.54) is 12.4 Å². The second-order valence-corrected chi connectivity index (χ2v) is 8.47. The average Bonchev–Trinajstić information content (AvgIpc) is 3.13. The first-order chi connectivity index (χ1) is 17.4. The molecule has 184 valence electrons. The van der Waals surface area contributed by atoms with E-state index in [2.05, 4.69) is 28.5 Å². The lowest BCUT2D eigenvalue weighted by Gasteiger charge is -2.19. The molecule has 8 nitrogen and oxygen atoms in total. The van der Waals surface area contributed by atoms with E-state index < -0.39 is 24.0 Å². The Morgan fingerprint density at radius 2 is 1.64 bits per heavy atom. The van der Waals surface area contributed by atoms with Crippen molar-refractivity contribution in [2.45, 2.75) is 31.7 Å². The molecule has 2 amide bonds. The Bertz CT molecular complexity index is 1250. The number of hydroxylamine groups is 1. The van der Waals surface area contributed by atoms with Gasteiger partial charge in [-0.25, -0.2) is 5.48 Å². The van der Waals surface area contributed by atoms with Gasteiger partial charge in [0, 0.05) is 28.8 Å². The molecule has 0 fully saturated rings. The minimum absolute atomic E-state index is 0.0787. The molecule has 36 heavy (non-hydrogen) atoms. The van der Waals surface area contributed by atoms with Gasteiger partial charge < -0.3 is 20.5 Å². The van der Waals surface area contributed by atoms with Crippen LogP contribution in [0.1, 0.15) is 45.6 Å². The van der Waals surface area contributed by atoms with E-state index in [0.717, 1.165) is 29.0 Å². The summed E-state index contributed by atoms with van der Waals surface area (Å²) in [6, 6.07) is 21.4. The second-order valence-electron chi connectivity index (χ2n) is 8.47. The zero-order chi connectivity index (χ0) is 25.5. The van der Waals surface area contributed by atoms with Crippen LogP contribution in [0.25, 0.3) is 0 Å². The van der Waals surface area contributed by atoms with Crippen molar-refractivity contribution in [1.82, 2.24) is 16.1 Å². The van der Waals surface area contributed by atoms with Gasteiger partial charge in [-0.3, -0.25) is 14.8 Å². The number of carbonyl (C=O) groups excluding carboxylic acids is 2. The Balaban J connectivity index is 1.37. The van der Waals surface area contributed by atoms with Crippen LogP contribution in [0.2, 0.25) is 0 Å². The number of rotatable bonds is 5. The van der Waals surface area contributed by atoms with Crippen LogP contribution in [0.5, 0.6) is 5.75 Å². The maximum Gasteiger partial charge on any atom is 0.268 e. The molecule has 0 saturated carbocycles. The molecule has 0 aliphatic carbocycles. The molecule has 1 unspecified atom stereocenters. The molecule has 0 aromatic heterocycles. The molecule has 0 saturated heterocycles. The normalized spacial score (nSPS) is 16.1. The van der Waals surface area contributed by atoms with Gasteiger partial charge in [-0.2, -0.15) is 0 Å². The molecule has 1 heterocycles. The molecule has 1 aliphatic heterocycles. The maximum absolute atomic E-state index is 12.4. The van der Waals surface area contributed by atoms with Crippen molar-refractivity contribution in [3.05, 3.63) is 101 Å². The Labute approximate surface area is 209 Å². The summed E-state index contributed by atoms with van der Waals surface area (Å²) >= 11 is 0. The first-order valence-electron chi connectivity index (χ1n) is 11.5. The molecule has 4 rings (SSSR count). The third-order valence-electron chi connectivity index (χ3n) is 5.89. The fourth-order valence-electron chi connectivity index (χ4n) is 3.82. The summed E-state index contributed by atoms with van der Waals surface area (Å²) in [5.74, 6) is 5.65. The maximum atomic E-state index is 12.4. The highest BCUT2D eigenvalue weighted by Crippen LogP contribution is 2.25. The van der Waals surface area contributed by atoms with E-state index in [0.29, 0.717) is 17.7 Å². The van der Waals surface area contributed by atoms with Crippen LogP contribution in [0.4, 0.5) is 0 Å². The molecular formula is C28H27N3O5. The zero-order valence-corrected chi connectivity index (χ0v) is 19.7. The Morgan fingerprint density at radius 1 is 1.00 bits per heavy atom. The summed E-state index contributed by atoms with van der Waals surface area (Å²) in [4.78, 5) is 24.0.